The van der Waals surface area contributed by atoms with Crippen molar-refractivity contribution in [1.29, 1.82) is 0 Å². The third-order valence-electron chi connectivity index (χ3n) is 8.25. The molecule has 1 aliphatic heterocycles. The van der Waals surface area contributed by atoms with E-state index in [-0.39, 0.29) is 0 Å². The molecule has 144 valence electrons. The number of hydrogen-bond donors (Lipinski definition) is 0. The van der Waals surface area contributed by atoms with Gasteiger partial charge >= 0.3 is 0 Å². The van der Waals surface area contributed by atoms with Crippen molar-refractivity contribution in [2.75, 3.05) is 0 Å². The van der Waals surface area contributed by atoms with Gasteiger partial charge in [-0.25, -0.2) is 0 Å². The van der Waals surface area contributed by atoms with E-state index in [4.69, 9.17) is 0 Å². The van der Waals surface area contributed by atoms with Crippen molar-refractivity contribution < 1.29 is 0 Å². The van der Waals surface area contributed by atoms with Gasteiger partial charge in [0.05, 0.1) is 0 Å². The molecular formula is C18H48Si6. The largest absolute Gasteiger partial charge is 0.0698 e. The molecule has 0 N–H and O–H groups in total. The van der Waals surface area contributed by atoms with E-state index in [2.05, 4.69) is 105 Å². The summed E-state index contributed by atoms with van der Waals surface area (Å²) in [5, 5.41) is 0. The lowest BCUT2D eigenvalue weighted by Gasteiger charge is -2.90. The highest BCUT2D eigenvalue weighted by atomic mass is 28.6. The Balaban J connectivity index is 4.09. The molecule has 1 fully saturated rings. The van der Waals surface area contributed by atoms with Gasteiger partial charge in [-0.3, -0.25) is 0 Å². The smallest absolute Gasteiger partial charge is 0.0440 e. The highest BCUT2D eigenvalue weighted by Crippen LogP contribution is 2.84. The minimum Gasteiger partial charge on any atom is -0.0698 e. The molecule has 0 amide bonds. The van der Waals surface area contributed by atoms with Crippen LogP contribution in [0.2, 0.25) is 113 Å². The fourth-order valence-corrected chi connectivity index (χ4v) is 115. The van der Waals surface area contributed by atoms with Gasteiger partial charge in [0.15, 0.2) is 0 Å². The summed E-state index contributed by atoms with van der Waals surface area (Å²) in [6.07, 6.45) is 0. The van der Waals surface area contributed by atoms with Crippen LogP contribution < -0.4 is 0 Å². The van der Waals surface area contributed by atoms with E-state index in [9.17, 15) is 0 Å². The van der Waals surface area contributed by atoms with Crippen molar-refractivity contribution in [3.63, 3.8) is 0 Å². The summed E-state index contributed by atoms with van der Waals surface area (Å²) in [5.41, 5.74) is 0. The van der Waals surface area contributed by atoms with Crippen molar-refractivity contribution in [2.24, 2.45) is 0 Å². The lowest BCUT2D eigenvalue weighted by molar-refractivity contribution is 0.954. The van der Waals surface area contributed by atoms with Crippen LogP contribution in [0, 0.1) is 0 Å². The normalized spacial score (nSPS) is 26.0. The molecule has 0 spiro atoms. The number of rotatable bonds is 4. The third kappa shape index (κ3) is 2.16. The fraction of sp³-hybridized carbons (Fsp3) is 1.00. The Morgan fingerprint density at radius 3 is 0.583 bits per heavy atom. The Bertz CT molecular complexity index is 414. The van der Waals surface area contributed by atoms with Gasteiger partial charge in [-0.2, -0.15) is 0 Å². The minimum absolute atomic E-state index is 0.862. The molecule has 1 saturated heterocycles. The van der Waals surface area contributed by atoms with Crippen molar-refractivity contribution in [3.05, 3.63) is 0 Å². The van der Waals surface area contributed by atoms with Gasteiger partial charge in [0, 0.05) is 48.4 Å². The Labute approximate surface area is 160 Å². The zero-order valence-corrected chi connectivity index (χ0v) is 26.0. The molecule has 0 saturated carbocycles. The van der Waals surface area contributed by atoms with Crippen LogP contribution in [0.25, 0.3) is 0 Å². The molecule has 1 aliphatic rings. The second kappa shape index (κ2) is 5.43. The summed E-state index contributed by atoms with van der Waals surface area (Å²) < 4.78 is 1.72. The molecule has 0 aliphatic carbocycles. The Morgan fingerprint density at radius 2 is 0.500 bits per heavy atom. The van der Waals surface area contributed by atoms with Gasteiger partial charge in [-0.05, 0) is 7.82 Å². The van der Waals surface area contributed by atoms with E-state index in [1.54, 1.807) is 0 Å². The Morgan fingerprint density at radius 1 is 0.375 bits per heavy atom. The van der Waals surface area contributed by atoms with Gasteiger partial charge in [0.25, 0.3) is 0 Å². The molecule has 6 heteroatoms. The minimum atomic E-state index is -1.38. The molecule has 0 aromatic rings. The van der Waals surface area contributed by atoms with Crippen LogP contribution >= 0.6 is 0 Å². The SMILES string of the molecule is C[Si](C)(C)C1([Si](C)(C)C)[Si](C)(C)C([Si](C)(C)C)([Si](C)(C)C)[Si]1(C)C. The van der Waals surface area contributed by atoms with Crippen LogP contribution in [0.3, 0.4) is 0 Å². The Hall–Kier alpha value is 1.30. The second-order valence-corrected chi connectivity index (χ2v) is 50.2. The Kier molecular flexibility index (Phi) is 5.28. The average Bonchev–Trinajstić information content (AvgIpc) is 2.01. The van der Waals surface area contributed by atoms with E-state index >= 15 is 0 Å². The highest BCUT2D eigenvalue weighted by Gasteiger charge is 2.90. The maximum atomic E-state index is 2.90. The van der Waals surface area contributed by atoms with Crippen LogP contribution in [0.4, 0.5) is 0 Å². The van der Waals surface area contributed by atoms with Crippen LogP contribution in [-0.4, -0.2) is 48.4 Å². The van der Waals surface area contributed by atoms with Crippen LogP contribution in [0.1, 0.15) is 0 Å². The molecule has 0 radical (unpaired) electrons. The van der Waals surface area contributed by atoms with Crippen molar-refractivity contribution in [3.8, 4) is 0 Å². The maximum absolute atomic E-state index is 2.90. The monoisotopic (exact) mass is 432 g/mol. The van der Waals surface area contributed by atoms with Crippen molar-refractivity contribution in [2.45, 2.75) is 113 Å². The predicted octanol–water partition coefficient (Wildman–Crippen LogP) is 7.49. The van der Waals surface area contributed by atoms with Crippen molar-refractivity contribution in [1.82, 2.24) is 0 Å². The van der Waals surface area contributed by atoms with Crippen LogP contribution in [0.15, 0.2) is 0 Å². The number of hydrogen-bond acceptors (Lipinski definition) is 0. The summed E-state index contributed by atoms with van der Waals surface area (Å²) in [6, 6.07) is 0. The van der Waals surface area contributed by atoms with Gasteiger partial charge in [0.1, 0.15) is 0 Å². The zero-order chi connectivity index (χ0) is 20.0. The molecule has 0 aromatic heterocycles. The molecule has 1 rings (SSSR count). The van der Waals surface area contributed by atoms with Gasteiger partial charge in [0.2, 0.25) is 0 Å². The van der Waals surface area contributed by atoms with E-state index in [0.717, 1.165) is 7.82 Å². The summed E-state index contributed by atoms with van der Waals surface area (Å²) in [4.78, 5) is 0. The first-order valence-electron chi connectivity index (χ1n) is 10.0. The standard InChI is InChI=1S/C18H48Si6/c1-19(2,3)17(20(4,5)6)23(13,14)18(21(7,8)9,22(10,11)12)24(17,15)16/h1-16H3. The van der Waals surface area contributed by atoms with E-state index in [1.165, 1.54) is 0 Å². The van der Waals surface area contributed by atoms with E-state index < -0.39 is 48.4 Å². The van der Waals surface area contributed by atoms with E-state index in [1.807, 2.05) is 0 Å². The first-order valence-corrected chi connectivity index (χ1v) is 30.0. The second-order valence-electron chi connectivity index (χ2n) is 13.8. The topological polar surface area (TPSA) is 0 Å². The first-order chi connectivity index (χ1) is 10.0. The summed E-state index contributed by atoms with van der Waals surface area (Å²) >= 11 is 0. The molecule has 24 heavy (non-hydrogen) atoms. The molecule has 0 aromatic carbocycles. The fourth-order valence-electron chi connectivity index (χ4n) is 11.8. The molecule has 0 nitrogen and oxygen atoms in total. The van der Waals surface area contributed by atoms with Gasteiger partial charge < -0.3 is 0 Å². The quantitative estimate of drug-likeness (QED) is 0.403. The molecular weight excluding hydrogens is 385 g/mol. The maximum Gasteiger partial charge on any atom is 0.0440 e. The van der Waals surface area contributed by atoms with Crippen molar-refractivity contribution >= 4 is 48.4 Å². The predicted molar refractivity (Wildman–Crippen MR) is 134 cm³/mol. The highest BCUT2D eigenvalue weighted by molar-refractivity contribution is 7.51. The van der Waals surface area contributed by atoms with E-state index in [0.29, 0.717) is 0 Å². The lowest BCUT2D eigenvalue weighted by atomic mass is 11.5. The molecule has 1 heterocycles. The third-order valence-corrected chi connectivity index (χ3v) is 74.2. The summed E-state index contributed by atoms with van der Waals surface area (Å²) in [5.74, 6) is 0. The van der Waals surface area contributed by atoms with Gasteiger partial charge in [-0.1, -0.05) is 105 Å². The van der Waals surface area contributed by atoms with Crippen LogP contribution in [-0.2, 0) is 0 Å². The average molecular weight is 433 g/mol. The summed E-state index contributed by atoms with van der Waals surface area (Å²) in [6.45, 7) is 44.7. The molecule has 0 atom stereocenters. The zero-order valence-electron chi connectivity index (χ0n) is 20.0. The van der Waals surface area contributed by atoms with Gasteiger partial charge in [-0.15, -0.1) is 0 Å². The molecule has 0 bridgehead atoms. The lowest BCUT2D eigenvalue weighted by Crippen LogP contribution is -2.99. The first kappa shape index (κ1) is 23.3. The molecule has 0 unspecified atom stereocenters. The summed E-state index contributed by atoms with van der Waals surface area (Å²) in [7, 11) is -7.75. The van der Waals surface area contributed by atoms with Crippen LogP contribution in [0.5, 0.6) is 0 Å².